The maximum absolute atomic E-state index is 13.5. The lowest BCUT2D eigenvalue weighted by Gasteiger charge is -2.51. The van der Waals surface area contributed by atoms with Crippen LogP contribution >= 0.6 is 0 Å². The van der Waals surface area contributed by atoms with E-state index in [2.05, 4.69) is 67.0 Å². The van der Waals surface area contributed by atoms with Crippen LogP contribution in [0.3, 0.4) is 0 Å². The van der Waals surface area contributed by atoms with Crippen LogP contribution in [0.2, 0.25) is 0 Å². The van der Waals surface area contributed by atoms with Crippen molar-refractivity contribution in [3.63, 3.8) is 0 Å². The smallest absolute Gasteiger partial charge is 0.231 e. The molecule has 3 N–H and O–H groups in total. The molecular weight excluding hydrogens is 1810 g/mol. The van der Waals surface area contributed by atoms with E-state index in [0.717, 1.165) is 100 Å². The molecule has 12 aliphatic heterocycles. The zero-order valence-corrected chi connectivity index (χ0v) is 82.4. The molecule has 0 aromatic heterocycles. The molecule has 0 bridgehead atoms. The van der Waals surface area contributed by atoms with Crippen molar-refractivity contribution >= 4 is 11.6 Å². The van der Waals surface area contributed by atoms with Gasteiger partial charge in [0.15, 0.2) is 92.4 Å². The molecule has 0 radical (unpaired) electrons. The van der Waals surface area contributed by atoms with E-state index in [4.69, 9.17) is 114 Å². The summed E-state index contributed by atoms with van der Waals surface area (Å²) in [5, 5.41) is 33.4. The Labute approximate surface area is 819 Å². The molecule has 31 heteroatoms. The number of rotatable bonds is 17. The number of ether oxygens (including phenoxy) is 24. The highest BCUT2D eigenvalue weighted by molar-refractivity contribution is 5.87. The van der Waals surface area contributed by atoms with Crippen LogP contribution in [0, 0.1) is 29.1 Å². The summed E-state index contributed by atoms with van der Waals surface area (Å²) in [6.45, 7) is 20.7. The lowest BCUT2D eigenvalue weighted by atomic mass is 9.61. The number of nitrogens with zero attached hydrogens (tertiary/aromatic N) is 2. The Kier molecular flexibility index (Phi) is 26.6. The number of ketones is 2. The average Bonchev–Trinajstić information content (AvgIpc) is 1.63. The molecule has 746 valence electrons. The average molecular weight is 1940 g/mol. The summed E-state index contributed by atoms with van der Waals surface area (Å²) in [7, 11) is 14.2. The van der Waals surface area contributed by atoms with Crippen molar-refractivity contribution in [3.05, 3.63) is 213 Å². The quantitative estimate of drug-likeness (QED) is 0.0762. The van der Waals surface area contributed by atoms with Crippen molar-refractivity contribution in [2.75, 3.05) is 124 Å². The Bertz CT molecular complexity index is 6280. The first kappa shape index (κ1) is 96.4. The first-order valence-corrected chi connectivity index (χ1v) is 47.7. The van der Waals surface area contributed by atoms with Gasteiger partial charge in [-0.2, -0.15) is 0 Å². The van der Waals surface area contributed by atoms with E-state index >= 15 is 0 Å². The van der Waals surface area contributed by atoms with Gasteiger partial charge in [-0.25, -0.2) is 0 Å². The summed E-state index contributed by atoms with van der Waals surface area (Å²) in [5.74, 6) is 8.57. The number of aliphatic hydroxyl groups is 3. The Morgan fingerprint density at radius 1 is 0.383 bits per heavy atom. The number of likely N-dealkylation sites (tertiary alicyclic amines) is 2. The number of carbonyl (C=O) groups excluding carboxylic acids is 2. The van der Waals surface area contributed by atoms with E-state index < -0.39 is 46.4 Å². The molecule has 13 aliphatic rings. The number of hydrogen-bond donors (Lipinski definition) is 3. The Morgan fingerprint density at radius 2 is 0.780 bits per heavy atom. The maximum Gasteiger partial charge on any atom is 0.231 e. The minimum atomic E-state index is -1.74. The maximum atomic E-state index is 13.5. The third-order valence-corrected chi connectivity index (χ3v) is 29.3. The van der Waals surface area contributed by atoms with Crippen LogP contribution < -0.4 is 114 Å². The predicted molar refractivity (Wildman–Crippen MR) is 515 cm³/mol. The molecule has 0 amide bonds. The van der Waals surface area contributed by atoms with E-state index in [1.54, 1.807) is 78.9 Å². The molecule has 0 spiro atoms. The van der Waals surface area contributed by atoms with Crippen LogP contribution in [-0.4, -0.2) is 190 Å². The van der Waals surface area contributed by atoms with Gasteiger partial charge in [0, 0.05) is 159 Å². The summed E-state index contributed by atoms with van der Waals surface area (Å²) < 4.78 is 136. The number of hydrogen-bond acceptors (Lipinski definition) is 31. The minimum Gasteiger partial charge on any atom is -0.497 e. The molecule has 2 saturated heterocycles. The summed E-state index contributed by atoms with van der Waals surface area (Å²) in [4.78, 5) is 31.2. The third kappa shape index (κ3) is 18.4. The fourth-order valence-electron chi connectivity index (χ4n) is 22.7. The number of benzene rings is 10. The Morgan fingerprint density at radius 3 is 1.23 bits per heavy atom. The van der Waals surface area contributed by atoms with Crippen LogP contribution in [0.1, 0.15) is 186 Å². The van der Waals surface area contributed by atoms with Crippen molar-refractivity contribution in [1.82, 2.24) is 9.80 Å². The van der Waals surface area contributed by atoms with Crippen molar-refractivity contribution in [2.45, 2.75) is 159 Å². The number of methoxy groups -OCH3 is 9. The van der Waals surface area contributed by atoms with E-state index in [9.17, 15) is 24.9 Å². The summed E-state index contributed by atoms with van der Waals surface area (Å²) in [6.07, 6.45) is 6.12. The summed E-state index contributed by atoms with van der Waals surface area (Å²) in [5.41, 5.74) is 9.03. The number of fused-ring (bicyclic) bond motifs is 11. The first-order chi connectivity index (χ1) is 67.9. The lowest BCUT2D eigenvalue weighted by molar-refractivity contribution is -0.222. The van der Waals surface area contributed by atoms with Gasteiger partial charge in [-0.3, -0.25) is 19.4 Å². The van der Waals surface area contributed by atoms with Gasteiger partial charge >= 0.3 is 0 Å². The van der Waals surface area contributed by atoms with E-state index in [1.165, 1.54) is 90.2 Å². The van der Waals surface area contributed by atoms with Crippen LogP contribution in [0.5, 0.6) is 138 Å². The van der Waals surface area contributed by atoms with Gasteiger partial charge in [0.05, 0.1) is 75.8 Å². The molecule has 141 heavy (non-hydrogen) atoms. The molecule has 3 fully saturated rings. The highest BCUT2D eigenvalue weighted by atomic mass is 16.7. The summed E-state index contributed by atoms with van der Waals surface area (Å²) >= 11 is 0. The SMILES string of the molecule is COc1cc(C2c3cc4c(cc3OC(C)(O)C2C(C)=O)OCO4)cc(OC)c1OC.COc1cc(C2c3cc4c(cc3OC3(O)CC(C)(C)CC(=O)C23)OCO4)cc(OC)c1OC.COc1ccc(C2c3cc4c(cc3OC(C)(N3CCCC3)C2C)OCO4)cc1.COc1ccc(C2c3cc4c(cc3OC(N3CCCC3)C2C)OCO4)cc1.COc1cccc(C2CC(C)(O)Oc3cc4c(cc32)OCO4)c1. The molecule has 10 aromatic rings. The van der Waals surface area contributed by atoms with Crippen LogP contribution in [0.25, 0.3) is 0 Å². The molecule has 1 aliphatic carbocycles. The predicted octanol–water partition coefficient (Wildman–Crippen LogP) is 18.0. The van der Waals surface area contributed by atoms with Gasteiger partial charge in [0.1, 0.15) is 57.6 Å². The first-order valence-electron chi connectivity index (χ1n) is 47.7. The molecule has 14 atom stereocenters. The normalized spacial score (nSPS) is 26.1. The lowest BCUT2D eigenvalue weighted by Crippen LogP contribution is -2.58. The standard InChI is InChI=1S/C25H28O8.C23H27NO4.C22H25NO4.C22H24O8.C18H18O5/c1-24(2)10-15(26)22-21(13-6-19(28-3)23(30-5)20(7-13)29-4)14-8-17-18(32-12-31-17)9-16(14)33-25(22,27)11-24;1-15-22(16-6-8-17(25-3)9-7-16)18-12-20-21(27-14-26-20)13-19(18)28-23(15,2)24-10-4-5-11-24;1-14-21(15-5-7-16(24-2)8-6-15)17-11-19-20(26-13-25-19)12-18(17)27-22(14)23-9-3-4-10-23;1-11(23)20-19(12-6-17(25-3)21(27-5)18(7-12)26-4)13-8-15-16(29-10-28-15)9-14(13)30-22(20,2)24;1-18(19)9-14(11-4-3-5-12(6-11)20-2)13-7-16-17(22-10-21-16)8-15(13)23-18/h6-9,21-22,27H,10-12H2,1-5H3;6-9,12-13,15,22H,4-5,10-11,14H2,1-3H3;5-8,11-12,14,21-22H,3-4,9-10,13H2,1-2H3;6-9,19-20,24H,10H2,1-5H3;3-8,14,19H,9-10H2,1-2H3. The second-order valence-corrected chi connectivity index (χ2v) is 38.8. The zero-order valence-electron chi connectivity index (χ0n) is 82.4. The molecule has 12 heterocycles. The van der Waals surface area contributed by atoms with Crippen LogP contribution in [-0.2, 0) is 9.59 Å². The largest absolute Gasteiger partial charge is 0.497 e. The van der Waals surface area contributed by atoms with Crippen LogP contribution in [0.4, 0.5) is 0 Å². The highest BCUT2D eigenvalue weighted by Crippen LogP contribution is 2.62. The highest BCUT2D eigenvalue weighted by Gasteiger charge is 2.60. The summed E-state index contributed by atoms with van der Waals surface area (Å²) in [6, 6.07) is 50.9. The molecule has 31 nitrogen and oxygen atoms in total. The molecular formula is C110H122N2O29. The molecule has 23 rings (SSSR count). The minimum absolute atomic E-state index is 0.0154. The second kappa shape index (κ2) is 38.9. The zero-order chi connectivity index (χ0) is 98.9. The van der Waals surface area contributed by atoms with Gasteiger partial charge in [0.2, 0.25) is 62.8 Å². The van der Waals surface area contributed by atoms with Gasteiger partial charge < -0.3 is 129 Å². The third-order valence-electron chi connectivity index (χ3n) is 29.3. The molecule has 14 unspecified atom stereocenters. The van der Waals surface area contributed by atoms with Crippen molar-refractivity contribution < 1.29 is 139 Å². The molecule has 10 aromatic carbocycles. The Balaban J connectivity index is 0.000000113. The van der Waals surface area contributed by atoms with Crippen molar-refractivity contribution in [1.29, 1.82) is 0 Å². The topological polar surface area (TPSA) is 323 Å². The Hall–Kier alpha value is -13.5. The van der Waals surface area contributed by atoms with Gasteiger partial charge in [-0.15, -0.1) is 0 Å². The van der Waals surface area contributed by atoms with Gasteiger partial charge in [-0.05, 0) is 164 Å². The fourth-order valence-corrected chi connectivity index (χ4v) is 22.7. The number of carbonyl (C=O) groups is 2. The van der Waals surface area contributed by atoms with Crippen molar-refractivity contribution in [2.24, 2.45) is 29.1 Å². The molecule has 1 saturated carbocycles. The fraction of sp³-hybridized carbons (Fsp3) is 0.436. The van der Waals surface area contributed by atoms with Gasteiger partial charge in [0.25, 0.3) is 0 Å². The van der Waals surface area contributed by atoms with Crippen LogP contribution in [0.15, 0.2) is 158 Å². The van der Waals surface area contributed by atoms with Gasteiger partial charge in [-0.1, -0.05) is 64.1 Å². The van der Waals surface area contributed by atoms with E-state index in [0.29, 0.717) is 123 Å². The monoisotopic (exact) mass is 1930 g/mol. The van der Waals surface area contributed by atoms with Crippen molar-refractivity contribution in [3.8, 4) is 138 Å². The van der Waals surface area contributed by atoms with E-state index in [-0.39, 0.29) is 81.2 Å². The van der Waals surface area contributed by atoms with E-state index in [1.807, 2.05) is 98.8 Å². The number of Topliss-reactive ketones (excluding diaryl/α,β-unsaturated/α-hetero) is 2. The second-order valence-electron chi connectivity index (χ2n) is 38.8.